The Bertz CT molecular complexity index is 1240. The topological polar surface area (TPSA) is 124 Å². The molecule has 3 fully saturated rings. The number of rotatable bonds is 7. The number of piperidine rings is 2. The number of amides is 1. The maximum atomic E-state index is 12.7. The van der Waals surface area contributed by atoms with Gasteiger partial charge in [0.2, 0.25) is 17.7 Å². The second-order valence-corrected chi connectivity index (χ2v) is 12.3. The van der Waals surface area contributed by atoms with E-state index in [1.807, 2.05) is 34.7 Å². The van der Waals surface area contributed by atoms with Crippen molar-refractivity contribution in [3.8, 4) is 5.88 Å². The lowest BCUT2D eigenvalue weighted by molar-refractivity contribution is -0.140. The molecule has 4 atom stereocenters. The normalized spacial score (nSPS) is 24.2. The summed E-state index contributed by atoms with van der Waals surface area (Å²) in [5.74, 6) is 2.19. The van der Waals surface area contributed by atoms with Gasteiger partial charge in [0.1, 0.15) is 17.5 Å². The summed E-state index contributed by atoms with van der Waals surface area (Å²) in [6.07, 6.45) is 5.70. The van der Waals surface area contributed by atoms with Gasteiger partial charge in [-0.05, 0) is 59.8 Å². The van der Waals surface area contributed by atoms with Crippen molar-refractivity contribution in [1.82, 2.24) is 24.6 Å². The van der Waals surface area contributed by atoms with Crippen LogP contribution in [0.4, 0.5) is 22.4 Å². The second-order valence-electron chi connectivity index (χ2n) is 12.3. The lowest BCUT2D eigenvalue weighted by Crippen LogP contribution is -2.58. The number of aryl methyl sites for hydroxylation is 1. The number of carbonyl (C=O) groups excluding carboxylic acids is 2. The molecule has 0 aromatic carbocycles. The van der Waals surface area contributed by atoms with E-state index in [9.17, 15) is 9.59 Å². The van der Waals surface area contributed by atoms with Gasteiger partial charge in [-0.15, -0.1) is 5.10 Å². The van der Waals surface area contributed by atoms with Gasteiger partial charge in [-0.2, -0.15) is 14.6 Å². The van der Waals surface area contributed by atoms with Crippen LogP contribution in [-0.4, -0.2) is 86.7 Å². The van der Waals surface area contributed by atoms with E-state index in [-0.39, 0.29) is 30.1 Å². The summed E-state index contributed by atoms with van der Waals surface area (Å²) >= 11 is 0. The fraction of sp³-hybridized carbons (Fsp3) is 0.690. The highest BCUT2D eigenvalue weighted by atomic mass is 16.6. The van der Waals surface area contributed by atoms with Crippen molar-refractivity contribution in [1.29, 1.82) is 0 Å². The van der Waals surface area contributed by atoms with E-state index in [4.69, 9.17) is 24.2 Å². The second kappa shape index (κ2) is 11.8. The molecule has 0 radical (unpaired) electrons. The number of hydrogen-bond donors (Lipinski definition) is 1. The third-order valence-electron chi connectivity index (χ3n) is 7.98. The van der Waals surface area contributed by atoms with Gasteiger partial charge in [0.05, 0.1) is 13.2 Å². The first kappa shape index (κ1) is 29.1. The zero-order chi connectivity index (χ0) is 29.3. The number of carbonyl (C=O) groups is 2. The summed E-state index contributed by atoms with van der Waals surface area (Å²) in [6, 6.07) is 4.19. The van der Waals surface area contributed by atoms with Crippen molar-refractivity contribution in [2.45, 2.75) is 109 Å². The molecule has 224 valence electrons. The Hall–Kier alpha value is -3.41. The van der Waals surface area contributed by atoms with E-state index in [0.29, 0.717) is 48.8 Å². The Balaban J connectivity index is 1.39. The molecule has 1 amide bonds. The fourth-order valence-corrected chi connectivity index (χ4v) is 6.05. The molecule has 3 saturated heterocycles. The fourth-order valence-electron chi connectivity index (χ4n) is 6.05. The van der Waals surface area contributed by atoms with E-state index in [1.54, 1.807) is 19.1 Å². The Kier molecular flexibility index (Phi) is 8.40. The summed E-state index contributed by atoms with van der Waals surface area (Å²) in [7, 11) is 2.01. The number of hydrogen-bond acceptors (Lipinski definition) is 10. The van der Waals surface area contributed by atoms with Crippen LogP contribution >= 0.6 is 0 Å². The predicted molar refractivity (Wildman–Crippen MR) is 154 cm³/mol. The Morgan fingerprint density at radius 1 is 1.12 bits per heavy atom. The van der Waals surface area contributed by atoms with Crippen molar-refractivity contribution in [3.63, 3.8) is 0 Å². The van der Waals surface area contributed by atoms with Crippen LogP contribution < -0.4 is 15.0 Å². The number of ether oxygens (including phenoxy) is 3. The van der Waals surface area contributed by atoms with Gasteiger partial charge in [0, 0.05) is 55.8 Å². The summed E-state index contributed by atoms with van der Waals surface area (Å²) in [6.45, 7) is 10.4. The summed E-state index contributed by atoms with van der Waals surface area (Å²) in [5.41, 5.74) is -0.00297. The number of nitrogens with one attached hydrogen (secondary N) is 1. The van der Waals surface area contributed by atoms with Gasteiger partial charge in [-0.25, -0.2) is 4.79 Å². The quantitative estimate of drug-likeness (QED) is 0.512. The Labute approximate surface area is 241 Å². The summed E-state index contributed by atoms with van der Waals surface area (Å²) < 4.78 is 18.4. The van der Waals surface area contributed by atoms with Crippen molar-refractivity contribution >= 4 is 29.6 Å². The third-order valence-corrected chi connectivity index (χ3v) is 7.98. The molecule has 0 saturated carbocycles. The predicted octanol–water partition coefficient (Wildman–Crippen LogP) is 4.43. The summed E-state index contributed by atoms with van der Waals surface area (Å²) in [4.78, 5) is 39.2. The molecular weight excluding hydrogens is 526 g/mol. The highest BCUT2D eigenvalue weighted by Crippen LogP contribution is 2.37. The van der Waals surface area contributed by atoms with E-state index in [2.05, 4.69) is 20.2 Å². The van der Waals surface area contributed by atoms with Gasteiger partial charge >= 0.3 is 6.09 Å². The van der Waals surface area contributed by atoms with Crippen LogP contribution in [0.1, 0.15) is 78.3 Å². The minimum absolute atomic E-state index is 0.0767. The van der Waals surface area contributed by atoms with Gasteiger partial charge in [-0.1, -0.05) is 6.92 Å². The Morgan fingerprint density at radius 3 is 2.49 bits per heavy atom. The minimum atomic E-state index is -0.635. The van der Waals surface area contributed by atoms with Crippen molar-refractivity contribution in [2.24, 2.45) is 0 Å². The lowest BCUT2D eigenvalue weighted by atomic mass is 9.81. The first-order valence-electron chi connectivity index (χ1n) is 14.7. The van der Waals surface area contributed by atoms with Crippen LogP contribution in [0, 0.1) is 6.92 Å². The average molecular weight is 570 g/mol. The first-order chi connectivity index (χ1) is 19.5. The molecule has 3 aliphatic heterocycles. The third kappa shape index (κ3) is 6.74. The molecule has 3 aliphatic rings. The lowest BCUT2D eigenvalue weighted by Gasteiger charge is -2.50. The number of aromatic nitrogens is 4. The SMILES string of the molecule is CCC(=O)N1[C@@H]2CCC[C@H]1C[C@@H](N(C)c1nc(Nc3cc(C)n(C(=O)OC(C)(C)C)n3)cc(OC3CCOC3)n1)C2. The minimum Gasteiger partial charge on any atom is -0.472 e. The van der Waals surface area contributed by atoms with Crippen molar-refractivity contribution < 1.29 is 23.8 Å². The molecule has 2 bridgehead atoms. The molecule has 12 heteroatoms. The molecule has 1 N–H and O–H groups in total. The smallest absolute Gasteiger partial charge is 0.435 e. The largest absolute Gasteiger partial charge is 0.472 e. The highest BCUT2D eigenvalue weighted by Gasteiger charge is 2.42. The van der Waals surface area contributed by atoms with Crippen LogP contribution in [0.25, 0.3) is 0 Å². The molecule has 0 aliphatic carbocycles. The van der Waals surface area contributed by atoms with Gasteiger partial charge < -0.3 is 29.3 Å². The van der Waals surface area contributed by atoms with Gasteiger partial charge in [0.25, 0.3) is 0 Å². The monoisotopic (exact) mass is 569 g/mol. The van der Waals surface area contributed by atoms with Crippen LogP contribution in [-0.2, 0) is 14.3 Å². The highest BCUT2D eigenvalue weighted by molar-refractivity contribution is 5.77. The molecule has 12 nitrogen and oxygen atoms in total. The van der Waals surface area contributed by atoms with E-state index in [1.165, 1.54) is 4.68 Å². The molecule has 2 aromatic rings. The molecule has 2 aromatic heterocycles. The molecule has 1 unspecified atom stereocenters. The number of anilines is 3. The number of fused-ring (bicyclic) bond motifs is 2. The van der Waals surface area contributed by atoms with E-state index < -0.39 is 11.7 Å². The zero-order valence-electron chi connectivity index (χ0n) is 25.1. The van der Waals surface area contributed by atoms with E-state index in [0.717, 1.165) is 38.5 Å². The molecule has 5 heterocycles. The van der Waals surface area contributed by atoms with E-state index >= 15 is 0 Å². The molecular formula is C29H43N7O5. The zero-order valence-corrected chi connectivity index (χ0v) is 25.1. The van der Waals surface area contributed by atoms with Crippen LogP contribution in [0.2, 0.25) is 0 Å². The maximum absolute atomic E-state index is 12.7. The standard InChI is InChI=1S/C29H43N7O5/c1-7-26(37)35-19-9-8-10-20(35)15-21(14-19)34(6)27-31-23(16-25(32-27)40-22-11-12-39-17-22)30-24-13-18(2)36(33-24)28(38)41-29(3,4)5/h13,16,19-22H,7-12,14-15,17H2,1-6H3,(H,30,31,32,33)/t19-,20+,21+,22?. The van der Waals surface area contributed by atoms with Crippen LogP contribution in [0.3, 0.4) is 0 Å². The van der Waals surface area contributed by atoms with Gasteiger partial charge in [-0.3, -0.25) is 4.79 Å². The maximum Gasteiger partial charge on any atom is 0.435 e. The summed E-state index contributed by atoms with van der Waals surface area (Å²) in [5, 5.41) is 7.65. The Morgan fingerprint density at radius 2 is 1.85 bits per heavy atom. The number of nitrogens with zero attached hydrogens (tertiary/aromatic N) is 6. The first-order valence-corrected chi connectivity index (χ1v) is 14.7. The van der Waals surface area contributed by atoms with Crippen LogP contribution in [0.15, 0.2) is 12.1 Å². The molecule has 5 rings (SSSR count). The van der Waals surface area contributed by atoms with Crippen molar-refractivity contribution in [2.75, 3.05) is 30.5 Å². The molecule has 0 spiro atoms. The molecule has 41 heavy (non-hydrogen) atoms. The average Bonchev–Trinajstić information content (AvgIpc) is 3.55. The van der Waals surface area contributed by atoms with Crippen molar-refractivity contribution in [3.05, 3.63) is 17.8 Å². The van der Waals surface area contributed by atoms with Crippen LogP contribution in [0.5, 0.6) is 5.88 Å². The van der Waals surface area contributed by atoms with Gasteiger partial charge in [0.15, 0.2) is 5.82 Å².